The van der Waals surface area contributed by atoms with Crippen LogP contribution in [0.5, 0.6) is 5.75 Å². The number of nitrogens with one attached hydrogen (secondary N) is 1. The zero-order valence-electron chi connectivity index (χ0n) is 15.4. The number of furan rings is 1. The molecule has 1 aromatic carbocycles. The highest BCUT2D eigenvalue weighted by atomic mass is 32.2. The molecule has 2 aromatic rings. The Morgan fingerprint density at radius 1 is 1.23 bits per heavy atom. The summed E-state index contributed by atoms with van der Waals surface area (Å²) < 4.78 is 11.5. The van der Waals surface area contributed by atoms with E-state index in [2.05, 4.69) is 10.2 Å². The van der Waals surface area contributed by atoms with Gasteiger partial charge in [0.25, 0.3) is 0 Å². The lowest BCUT2D eigenvalue weighted by Crippen LogP contribution is -2.38. The van der Waals surface area contributed by atoms with Gasteiger partial charge in [0.2, 0.25) is 5.91 Å². The van der Waals surface area contributed by atoms with Crippen molar-refractivity contribution in [1.29, 1.82) is 0 Å². The van der Waals surface area contributed by atoms with E-state index in [1.807, 2.05) is 50.5 Å². The van der Waals surface area contributed by atoms with Crippen LogP contribution in [0.25, 0.3) is 0 Å². The van der Waals surface area contributed by atoms with E-state index in [9.17, 15) is 4.79 Å². The lowest BCUT2D eigenvalue weighted by molar-refractivity contribution is -0.126. The topological polar surface area (TPSA) is 54.7 Å². The van der Waals surface area contributed by atoms with E-state index in [-0.39, 0.29) is 11.8 Å². The zero-order valence-corrected chi connectivity index (χ0v) is 16.2. The predicted molar refractivity (Wildman–Crippen MR) is 104 cm³/mol. The number of hydrogen-bond acceptors (Lipinski definition) is 5. The Hall–Kier alpha value is -1.92. The Morgan fingerprint density at radius 3 is 2.88 bits per heavy atom. The molecule has 0 fully saturated rings. The quantitative estimate of drug-likeness (QED) is 0.720. The summed E-state index contributed by atoms with van der Waals surface area (Å²) in [6.07, 6.45) is 0.746. The van der Waals surface area contributed by atoms with Crippen molar-refractivity contribution in [1.82, 2.24) is 10.2 Å². The molecule has 0 spiro atoms. The van der Waals surface area contributed by atoms with E-state index in [1.165, 1.54) is 0 Å². The maximum Gasteiger partial charge on any atom is 0.226 e. The number of hydrogen-bond donors (Lipinski definition) is 1. The van der Waals surface area contributed by atoms with E-state index >= 15 is 0 Å². The summed E-state index contributed by atoms with van der Waals surface area (Å²) in [4.78, 5) is 14.4. The van der Waals surface area contributed by atoms with E-state index in [1.54, 1.807) is 11.8 Å². The van der Waals surface area contributed by atoms with Crippen LogP contribution in [0, 0.1) is 5.92 Å². The number of carbonyl (C=O) groups excluding carboxylic acids is 1. The van der Waals surface area contributed by atoms with Gasteiger partial charge in [-0.15, -0.1) is 0 Å². The van der Waals surface area contributed by atoms with Gasteiger partial charge in [0.1, 0.15) is 23.9 Å². The number of amides is 1. The van der Waals surface area contributed by atoms with Crippen molar-refractivity contribution in [2.24, 2.45) is 5.92 Å². The number of carbonyl (C=O) groups is 1. The smallest absolute Gasteiger partial charge is 0.226 e. The Morgan fingerprint density at radius 2 is 2.04 bits per heavy atom. The number of thioether (sulfide) groups is 1. The summed E-state index contributed by atoms with van der Waals surface area (Å²) in [6.45, 7) is 1.93. The molecule has 1 aliphatic rings. The third-order valence-electron chi connectivity index (χ3n) is 4.23. The van der Waals surface area contributed by atoms with Gasteiger partial charge in [-0.25, -0.2) is 0 Å². The third kappa shape index (κ3) is 5.29. The van der Waals surface area contributed by atoms with Crippen LogP contribution >= 0.6 is 11.8 Å². The number of ether oxygens (including phenoxy) is 1. The Balaban J connectivity index is 1.34. The molecule has 0 unspecified atom stereocenters. The number of nitrogens with zero attached hydrogens (tertiary/aromatic N) is 1. The molecule has 1 aliphatic heterocycles. The van der Waals surface area contributed by atoms with Gasteiger partial charge in [0.15, 0.2) is 0 Å². The molecule has 0 radical (unpaired) electrons. The molecule has 3 rings (SSSR count). The fourth-order valence-corrected chi connectivity index (χ4v) is 3.70. The van der Waals surface area contributed by atoms with Gasteiger partial charge in [-0.05, 0) is 44.3 Å². The van der Waals surface area contributed by atoms with E-state index < -0.39 is 0 Å². The van der Waals surface area contributed by atoms with Crippen LogP contribution in [0.2, 0.25) is 0 Å². The van der Waals surface area contributed by atoms with Gasteiger partial charge in [-0.3, -0.25) is 4.79 Å². The van der Waals surface area contributed by atoms with Crippen molar-refractivity contribution in [2.75, 3.05) is 33.0 Å². The highest BCUT2D eigenvalue weighted by Crippen LogP contribution is 2.26. The van der Waals surface area contributed by atoms with Gasteiger partial charge in [0.05, 0.1) is 18.2 Å². The average Bonchev–Trinajstić information content (AvgIpc) is 3.07. The van der Waals surface area contributed by atoms with Crippen LogP contribution in [0.4, 0.5) is 0 Å². The summed E-state index contributed by atoms with van der Waals surface area (Å²) in [5, 5.41) is 3.02. The first-order chi connectivity index (χ1) is 12.6. The number of rotatable bonds is 8. The van der Waals surface area contributed by atoms with E-state index in [0.717, 1.165) is 47.3 Å². The van der Waals surface area contributed by atoms with Gasteiger partial charge in [-0.1, -0.05) is 18.2 Å². The highest BCUT2D eigenvalue weighted by Gasteiger charge is 2.25. The fourth-order valence-electron chi connectivity index (χ4n) is 2.96. The Bertz CT molecular complexity index is 729. The first kappa shape index (κ1) is 18.9. The molecule has 5 nitrogen and oxygen atoms in total. The molecule has 0 saturated carbocycles. The molecular weight excluding hydrogens is 348 g/mol. The minimum Gasteiger partial charge on any atom is -0.492 e. The Kier molecular flexibility index (Phi) is 6.63. The van der Waals surface area contributed by atoms with E-state index in [4.69, 9.17) is 9.15 Å². The SMILES string of the molecule is CN(C)Cc1ccc(CSCCNC(=O)[C@@H]2COc3ccccc3C2)o1. The summed E-state index contributed by atoms with van der Waals surface area (Å²) in [6, 6.07) is 12.0. The summed E-state index contributed by atoms with van der Waals surface area (Å²) in [5.74, 6) is 4.52. The van der Waals surface area contributed by atoms with Gasteiger partial charge < -0.3 is 19.4 Å². The molecule has 1 atom stereocenters. The maximum atomic E-state index is 12.3. The molecule has 1 amide bonds. The van der Waals surface area contributed by atoms with Crippen molar-refractivity contribution in [2.45, 2.75) is 18.7 Å². The van der Waals surface area contributed by atoms with Crippen LogP contribution in [0.1, 0.15) is 17.1 Å². The lowest BCUT2D eigenvalue weighted by Gasteiger charge is -2.24. The van der Waals surface area contributed by atoms with Crippen LogP contribution in [-0.4, -0.2) is 43.8 Å². The van der Waals surface area contributed by atoms with Crippen molar-refractivity contribution in [3.8, 4) is 5.75 Å². The van der Waals surface area contributed by atoms with E-state index in [0.29, 0.717) is 13.2 Å². The van der Waals surface area contributed by atoms with Gasteiger partial charge in [0, 0.05) is 12.3 Å². The molecule has 26 heavy (non-hydrogen) atoms. The summed E-state index contributed by atoms with van der Waals surface area (Å²) >= 11 is 1.76. The van der Waals surface area contributed by atoms with Crippen molar-refractivity contribution in [3.63, 3.8) is 0 Å². The third-order valence-corrected chi connectivity index (χ3v) is 5.21. The molecule has 0 saturated heterocycles. The second-order valence-corrected chi connectivity index (χ2v) is 7.87. The number of fused-ring (bicyclic) bond motifs is 1. The standard InChI is InChI=1S/C20H26N2O3S/c1-22(2)12-17-7-8-18(25-17)14-26-10-9-21-20(23)16-11-15-5-3-4-6-19(15)24-13-16/h3-8,16H,9-14H2,1-2H3,(H,21,23)/t16-/m0/s1. The number of benzene rings is 1. The monoisotopic (exact) mass is 374 g/mol. The van der Waals surface area contributed by atoms with Crippen LogP contribution in [-0.2, 0) is 23.5 Å². The van der Waals surface area contributed by atoms with Crippen LogP contribution < -0.4 is 10.1 Å². The van der Waals surface area contributed by atoms with Gasteiger partial charge >= 0.3 is 0 Å². The molecule has 6 heteroatoms. The highest BCUT2D eigenvalue weighted by molar-refractivity contribution is 7.98. The summed E-state index contributed by atoms with van der Waals surface area (Å²) in [5.41, 5.74) is 1.11. The Labute approximate surface area is 159 Å². The van der Waals surface area contributed by atoms with Crippen LogP contribution in [0.3, 0.4) is 0 Å². The van der Waals surface area contributed by atoms with Crippen molar-refractivity contribution < 1.29 is 13.9 Å². The molecule has 0 aliphatic carbocycles. The molecular formula is C20H26N2O3S. The first-order valence-electron chi connectivity index (χ1n) is 8.90. The predicted octanol–water partition coefficient (Wildman–Crippen LogP) is 2.94. The molecule has 1 N–H and O–H groups in total. The normalized spacial score (nSPS) is 16.2. The minimum absolute atomic E-state index is 0.0753. The number of para-hydroxylation sites is 1. The zero-order chi connectivity index (χ0) is 18.4. The van der Waals surface area contributed by atoms with Crippen molar-refractivity contribution in [3.05, 3.63) is 53.5 Å². The molecule has 2 heterocycles. The second kappa shape index (κ2) is 9.14. The van der Waals surface area contributed by atoms with Crippen molar-refractivity contribution >= 4 is 17.7 Å². The fraction of sp³-hybridized carbons (Fsp3) is 0.450. The van der Waals surface area contributed by atoms with Gasteiger partial charge in [-0.2, -0.15) is 11.8 Å². The molecule has 140 valence electrons. The largest absolute Gasteiger partial charge is 0.492 e. The minimum atomic E-state index is -0.103. The maximum absolute atomic E-state index is 12.3. The summed E-state index contributed by atoms with van der Waals surface area (Å²) in [7, 11) is 4.05. The molecule has 1 aromatic heterocycles. The average molecular weight is 375 g/mol. The first-order valence-corrected chi connectivity index (χ1v) is 10.1. The second-order valence-electron chi connectivity index (χ2n) is 6.77. The lowest BCUT2D eigenvalue weighted by atomic mass is 9.96. The van der Waals surface area contributed by atoms with Crippen LogP contribution in [0.15, 0.2) is 40.8 Å². The molecule has 0 bridgehead atoms.